The van der Waals surface area contributed by atoms with Gasteiger partial charge in [0.05, 0.1) is 5.75 Å². The molecule has 1 aromatic rings. The van der Waals surface area contributed by atoms with Crippen molar-refractivity contribution in [3.63, 3.8) is 0 Å². The van der Waals surface area contributed by atoms with E-state index in [1.807, 2.05) is 18.2 Å². The van der Waals surface area contributed by atoms with Gasteiger partial charge in [-0.05, 0) is 24.1 Å². The molecule has 5 heteroatoms. The Hall–Kier alpha value is -1.36. The number of aryl methyl sites for hydroxylation is 1. The molecule has 0 spiro atoms. The molecule has 0 saturated carbocycles. The second-order valence-electron chi connectivity index (χ2n) is 4.16. The van der Waals surface area contributed by atoms with E-state index in [-0.39, 0.29) is 18.0 Å². The third-order valence-corrected chi connectivity index (χ3v) is 3.34. The minimum Gasteiger partial charge on any atom is -0.399 e. The summed E-state index contributed by atoms with van der Waals surface area (Å²) in [6.07, 6.45) is 2.20. The number of carbonyl (C=O) groups excluding carboxylic acids is 1. The molecule has 17 heavy (non-hydrogen) atoms. The highest BCUT2D eigenvalue weighted by atomic mass is 32.2. The van der Waals surface area contributed by atoms with E-state index in [0.29, 0.717) is 18.5 Å². The van der Waals surface area contributed by atoms with Crippen molar-refractivity contribution in [2.75, 3.05) is 17.7 Å². The molecule has 0 unspecified atom stereocenters. The number of Topliss-reactive ketones (excluding diaryl/α,β-unsaturated/α-hetero) is 1. The number of ketones is 1. The Balaban J connectivity index is 2.38. The van der Waals surface area contributed by atoms with Gasteiger partial charge in [-0.3, -0.25) is 4.79 Å². The summed E-state index contributed by atoms with van der Waals surface area (Å²) >= 11 is 0. The fraction of sp³-hybridized carbons (Fsp3) is 0.417. The number of hydrogen-bond donors (Lipinski definition) is 1. The molecule has 0 aliphatic rings. The van der Waals surface area contributed by atoms with E-state index >= 15 is 0 Å². The number of anilines is 1. The largest absolute Gasteiger partial charge is 0.399 e. The molecule has 0 bridgehead atoms. The maximum atomic E-state index is 11.5. The van der Waals surface area contributed by atoms with Crippen molar-refractivity contribution in [2.24, 2.45) is 0 Å². The average Bonchev–Trinajstić information content (AvgIpc) is 2.23. The first-order chi connectivity index (χ1) is 7.87. The molecule has 0 heterocycles. The summed E-state index contributed by atoms with van der Waals surface area (Å²) in [5.41, 5.74) is 7.29. The van der Waals surface area contributed by atoms with Crippen LogP contribution in [0.2, 0.25) is 0 Å². The van der Waals surface area contributed by atoms with Crippen LogP contribution in [0, 0.1) is 0 Å². The van der Waals surface area contributed by atoms with Crippen LogP contribution in [0.3, 0.4) is 0 Å². The minimum absolute atomic E-state index is 0.0298. The number of hydrogen-bond acceptors (Lipinski definition) is 4. The van der Waals surface area contributed by atoms with Crippen molar-refractivity contribution < 1.29 is 13.2 Å². The zero-order valence-electron chi connectivity index (χ0n) is 9.85. The third-order valence-electron chi connectivity index (χ3n) is 2.40. The monoisotopic (exact) mass is 255 g/mol. The lowest BCUT2D eigenvalue weighted by Crippen LogP contribution is -2.09. The predicted octanol–water partition coefficient (Wildman–Crippen LogP) is 1.21. The Morgan fingerprint density at radius 3 is 2.59 bits per heavy atom. The summed E-state index contributed by atoms with van der Waals surface area (Å²) < 4.78 is 21.8. The van der Waals surface area contributed by atoms with Gasteiger partial charge in [-0.2, -0.15) is 0 Å². The highest BCUT2D eigenvalue weighted by Gasteiger charge is 2.08. The summed E-state index contributed by atoms with van der Waals surface area (Å²) in [7, 11) is -3.05. The second kappa shape index (κ2) is 5.82. The lowest BCUT2D eigenvalue weighted by Gasteiger charge is -2.02. The van der Waals surface area contributed by atoms with Crippen LogP contribution >= 0.6 is 0 Å². The standard InChI is InChI=1S/C12H17NO3S/c1-17(15,16)8-7-12(14)6-5-10-3-2-4-11(13)9-10/h2-4,9H,5-8,13H2,1H3. The first kappa shape index (κ1) is 13.7. The van der Waals surface area contributed by atoms with E-state index < -0.39 is 9.84 Å². The number of sulfone groups is 1. The maximum absolute atomic E-state index is 11.5. The summed E-state index contributed by atoms with van der Waals surface area (Å²) in [6, 6.07) is 7.35. The predicted molar refractivity (Wildman–Crippen MR) is 68.5 cm³/mol. The number of benzene rings is 1. The first-order valence-corrected chi connectivity index (χ1v) is 7.47. The Labute approximate surface area is 102 Å². The summed E-state index contributed by atoms with van der Waals surface area (Å²) in [5.74, 6) is -0.0965. The average molecular weight is 255 g/mol. The van der Waals surface area contributed by atoms with E-state index in [4.69, 9.17) is 5.73 Å². The molecule has 0 saturated heterocycles. The van der Waals surface area contributed by atoms with Gasteiger partial charge in [0, 0.05) is 24.8 Å². The maximum Gasteiger partial charge on any atom is 0.147 e. The van der Waals surface area contributed by atoms with E-state index in [0.717, 1.165) is 11.8 Å². The molecule has 0 atom stereocenters. The van der Waals surface area contributed by atoms with Gasteiger partial charge in [0.25, 0.3) is 0 Å². The highest BCUT2D eigenvalue weighted by molar-refractivity contribution is 7.90. The van der Waals surface area contributed by atoms with E-state index in [1.54, 1.807) is 6.07 Å². The van der Waals surface area contributed by atoms with Crippen molar-refractivity contribution in [2.45, 2.75) is 19.3 Å². The highest BCUT2D eigenvalue weighted by Crippen LogP contribution is 2.09. The molecule has 0 aliphatic heterocycles. The van der Waals surface area contributed by atoms with E-state index in [2.05, 4.69) is 0 Å². The molecule has 0 radical (unpaired) electrons. The van der Waals surface area contributed by atoms with E-state index in [1.165, 1.54) is 0 Å². The smallest absolute Gasteiger partial charge is 0.147 e. The molecule has 1 rings (SSSR count). The van der Waals surface area contributed by atoms with Crippen LogP contribution in [0.4, 0.5) is 5.69 Å². The fourth-order valence-electron chi connectivity index (χ4n) is 1.46. The molecular formula is C12H17NO3S. The Kier molecular flexibility index (Phi) is 4.69. The number of nitrogens with two attached hydrogens (primary N) is 1. The van der Waals surface area contributed by atoms with Crippen LogP contribution < -0.4 is 5.73 Å². The Bertz CT molecular complexity index is 494. The van der Waals surface area contributed by atoms with E-state index in [9.17, 15) is 13.2 Å². The van der Waals surface area contributed by atoms with Crippen molar-refractivity contribution in [1.82, 2.24) is 0 Å². The van der Waals surface area contributed by atoms with Crippen molar-refractivity contribution in [1.29, 1.82) is 0 Å². The van der Waals surface area contributed by atoms with Crippen LogP contribution in [-0.2, 0) is 21.1 Å². The third kappa shape index (κ3) is 6.06. The lowest BCUT2D eigenvalue weighted by atomic mass is 10.1. The summed E-state index contributed by atoms with van der Waals surface area (Å²) in [4.78, 5) is 11.5. The Morgan fingerprint density at radius 2 is 2.00 bits per heavy atom. The van der Waals surface area contributed by atoms with Crippen molar-refractivity contribution in [3.8, 4) is 0 Å². The van der Waals surface area contributed by atoms with Crippen LogP contribution in [0.1, 0.15) is 18.4 Å². The molecule has 4 nitrogen and oxygen atoms in total. The van der Waals surface area contributed by atoms with Gasteiger partial charge < -0.3 is 5.73 Å². The van der Waals surface area contributed by atoms with Gasteiger partial charge in [-0.25, -0.2) is 8.42 Å². The number of nitrogen functional groups attached to an aromatic ring is 1. The number of rotatable bonds is 6. The molecule has 0 amide bonds. The lowest BCUT2D eigenvalue weighted by molar-refractivity contribution is -0.118. The molecular weight excluding hydrogens is 238 g/mol. The molecule has 0 aromatic heterocycles. The zero-order valence-corrected chi connectivity index (χ0v) is 10.7. The summed E-state index contributed by atoms with van der Waals surface area (Å²) in [5, 5.41) is 0. The van der Waals surface area contributed by atoms with Crippen LogP contribution in [0.25, 0.3) is 0 Å². The Morgan fingerprint density at radius 1 is 1.29 bits per heavy atom. The van der Waals surface area contributed by atoms with Gasteiger partial charge in [-0.15, -0.1) is 0 Å². The van der Waals surface area contributed by atoms with Gasteiger partial charge in [0.1, 0.15) is 15.6 Å². The molecule has 0 fully saturated rings. The second-order valence-corrected chi connectivity index (χ2v) is 6.42. The molecule has 94 valence electrons. The molecule has 2 N–H and O–H groups in total. The van der Waals surface area contributed by atoms with Crippen LogP contribution in [0.5, 0.6) is 0 Å². The van der Waals surface area contributed by atoms with Gasteiger partial charge in [-0.1, -0.05) is 12.1 Å². The van der Waals surface area contributed by atoms with Crippen LogP contribution in [0.15, 0.2) is 24.3 Å². The minimum atomic E-state index is -3.05. The quantitative estimate of drug-likeness (QED) is 0.775. The van der Waals surface area contributed by atoms with Crippen molar-refractivity contribution in [3.05, 3.63) is 29.8 Å². The van der Waals surface area contributed by atoms with Gasteiger partial charge in [0.2, 0.25) is 0 Å². The first-order valence-electron chi connectivity index (χ1n) is 5.41. The normalized spacial score (nSPS) is 11.4. The SMILES string of the molecule is CS(=O)(=O)CCC(=O)CCc1cccc(N)c1. The van der Waals surface area contributed by atoms with Gasteiger partial charge >= 0.3 is 0 Å². The zero-order chi connectivity index (χ0) is 12.9. The van der Waals surface area contributed by atoms with Crippen molar-refractivity contribution >= 4 is 21.3 Å². The number of carbonyl (C=O) groups is 1. The molecule has 0 aliphatic carbocycles. The van der Waals surface area contributed by atoms with Gasteiger partial charge in [0.15, 0.2) is 0 Å². The summed E-state index contributed by atoms with van der Waals surface area (Å²) in [6.45, 7) is 0. The fourth-order valence-corrected chi connectivity index (χ4v) is 2.06. The van der Waals surface area contributed by atoms with Crippen LogP contribution in [-0.4, -0.2) is 26.2 Å². The molecule has 1 aromatic carbocycles. The topological polar surface area (TPSA) is 77.2 Å².